The standard InChI is InChI=1S/C45H30N2/c1-29-15-19-35(20-16-29)46(34-9-3-2-4-10-34)36-21-17-30-25-40-41-26-31-18-22-37(24-33(31)28-43(41)42(40)27-32(30)23-36)47-44-13-7-5-11-38(44)39-12-6-8-14-45(39)47/h2-28H,1H3. The summed E-state index contributed by atoms with van der Waals surface area (Å²) in [5, 5.41) is 7.61. The molecule has 0 bridgehead atoms. The number of anilines is 3. The summed E-state index contributed by atoms with van der Waals surface area (Å²) < 4.78 is 2.40. The molecule has 10 rings (SSSR count). The number of hydrogen-bond acceptors (Lipinski definition) is 1. The van der Waals surface area contributed by atoms with Crippen molar-refractivity contribution in [2.45, 2.75) is 6.92 Å². The summed E-state index contributed by atoms with van der Waals surface area (Å²) in [6.45, 7) is 2.14. The maximum absolute atomic E-state index is 2.40. The van der Waals surface area contributed by atoms with Gasteiger partial charge in [0.2, 0.25) is 0 Å². The molecule has 0 saturated heterocycles. The fraction of sp³-hybridized carbons (Fsp3) is 0.0222. The van der Waals surface area contributed by atoms with Crippen molar-refractivity contribution in [2.24, 2.45) is 0 Å². The Morgan fingerprint density at radius 3 is 1.51 bits per heavy atom. The van der Waals surface area contributed by atoms with Crippen LogP contribution in [0.5, 0.6) is 0 Å². The molecule has 1 aromatic heterocycles. The van der Waals surface area contributed by atoms with Gasteiger partial charge in [0.05, 0.1) is 11.0 Å². The van der Waals surface area contributed by atoms with E-state index < -0.39 is 0 Å². The minimum Gasteiger partial charge on any atom is -0.310 e. The lowest BCUT2D eigenvalue weighted by atomic mass is 9.78. The summed E-state index contributed by atoms with van der Waals surface area (Å²) >= 11 is 0. The number of para-hydroxylation sites is 3. The molecule has 1 aliphatic carbocycles. The summed E-state index contributed by atoms with van der Waals surface area (Å²) in [6.07, 6.45) is 0. The lowest BCUT2D eigenvalue weighted by Gasteiger charge is -2.28. The van der Waals surface area contributed by atoms with Crippen LogP contribution in [0.15, 0.2) is 164 Å². The van der Waals surface area contributed by atoms with Crippen LogP contribution in [0.2, 0.25) is 0 Å². The van der Waals surface area contributed by atoms with E-state index in [9.17, 15) is 0 Å². The SMILES string of the molecule is Cc1ccc(N(c2ccccc2)c2ccc3cc4c(cc3c2)-c2cc3cc(-n5c6ccccc6c6ccccc65)ccc3cc2-4)cc1. The Morgan fingerprint density at radius 2 is 0.872 bits per heavy atom. The third kappa shape index (κ3) is 3.98. The Labute approximate surface area is 273 Å². The zero-order valence-corrected chi connectivity index (χ0v) is 26.0. The highest BCUT2D eigenvalue weighted by Crippen LogP contribution is 2.51. The number of aromatic nitrogens is 1. The van der Waals surface area contributed by atoms with E-state index in [-0.39, 0.29) is 0 Å². The monoisotopic (exact) mass is 598 g/mol. The van der Waals surface area contributed by atoms with Gasteiger partial charge in [-0.1, -0.05) is 84.4 Å². The van der Waals surface area contributed by atoms with E-state index in [1.54, 1.807) is 0 Å². The fourth-order valence-electron chi connectivity index (χ4n) is 7.60. The molecule has 0 spiro atoms. The average Bonchev–Trinajstić information content (AvgIpc) is 3.46. The molecule has 9 aromatic rings. The number of fused-ring (bicyclic) bond motifs is 9. The second-order valence-corrected chi connectivity index (χ2v) is 12.7. The molecule has 2 nitrogen and oxygen atoms in total. The number of hydrogen-bond donors (Lipinski definition) is 0. The van der Waals surface area contributed by atoms with E-state index in [4.69, 9.17) is 0 Å². The number of nitrogens with zero attached hydrogens (tertiary/aromatic N) is 2. The van der Waals surface area contributed by atoms with Gasteiger partial charge in [-0.15, -0.1) is 0 Å². The van der Waals surface area contributed by atoms with Gasteiger partial charge in [0.25, 0.3) is 0 Å². The summed E-state index contributed by atoms with van der Waals surface area (Å²) in [5.74, 6) is 0. The third-order valence-corrected chi connectivity index (χ3v) is 9.90. The van der Waals surface area contributed by atoms with Crippen molar-refractivity contribution < 1.29 is 0 Å². The molecule has 47 heavy (non-hydrogen) atoms. The predicted octanol–water partition coefficient (Wildman–Crippen LogP) is 12.5. The molecule has 0 atom stereocenters. The van der Waals surface area contributed by atoms with E-state index in [1.807, 2.05) is 0 Å². The molecule has 2 heteroatoms. The molecular formula is C45H30N2. The molecule has 0 amide bonds. The number of rotatable bonds is 4. The molecule has 1 aliphatic rings. The first kappa shape index (κ1) is 26.1. The van der Waals surface area contributed by atoms with Crippen LogP contribution >= 0.6 is 0 Å². The van der Waals surface area contributed by atoms with E-state index >= 15 is 0 Å². The van der Waals surface area contributed by atoms with E-state index in [1.165, 1.54) is 76.9 Å². The van der Waals surface area contributed by atoms with Gasteiger partial charge in [-0.25, -0.2) is 0 Å². The molecule has 0 fully saturated rings. The molecular weight excluding hydrogens is 569 g/mol. The topological polar surface area (TPSA) is 8.17 Å². The Kier molecular flexibility index (Phi) is 5.53. The Morgan fingerprint density at radius 1 is 0.383 bits per heavy atom. The van der Waals surface area contributed by atoms with Gasteiger partial charge in [0.1, 0.15) is 0 Å². The van der Waals surface area contributed by atoms with Crippen molar-refractivity contribution in [3.63, 3.8) is 0 Å². The fourth-order valence-corrected chi connectivity index (χ4v) is 7.60. The van der Waals surface area contributed by atoms with Gasteiger partial charge in [0, 0.05) is 33.5 Å². The van der Waals surface area contributed by atoms with Crippen LogP contribution in [-0.2, 0) is 0 Å². The predicted molar refractivity (Wildman–Crippen MR) is 200 cm³/mol. The van der Waals surface area contributed by atoms with Crippen LogP contribution < -0.4 is 4.90 Å². The summed E-state index contributed by atoms with van der Waals surface area (Å²) in [4.78, 5) is 2.34. The van der Waals surface area contributed by atoms with Crippen LogP contribution in [0.25, 0.3) is 71.3 Å². The zero-order chi connectivity index (χ0) is 31.1. The normalized spacial score (nSPS) is 11.9. The smallest absolute Gasteiger partial charge is 0.0541 e. The van der Waals surface area contributed by atoms with Crippen LogP contribution in [0.4, 0.5) is 17.1 Å². The molecule has 0 N–H and O–H groups in total. The largest absolute Gasteiger partial charge is 0.310 e. The molecule has 0 radical (unpaired) electrons. The molecule has 8 aromatic carbocycles. The summed E-state index contributed by atoms with van der Waals surface area (Å²) in [7, 11) is 0. The van der Waals surface area contributed by atoms with Crippen LogP contribution in [0.3, 0.4) is 0 Å². The first-order valence-corrected chi connectivity index (χ1v) is 16.3. The minimum atomic E-state index is 1.15. The van der Waals surface area contributed by atoms with E-state index in [0.29, 0.717) is 0 Å². The third-order valence-electron chi connectivity index (χ3n) is 9.90. The molecule has 0 unspecified atom stereocenters. The van der Waals surface area contributed by atoms with Gasteiger partial charge < -0.3 is 9.47 Å². The summed E-state index contributed by atoms with van der Waals surface area (Å²) in [5.41, 5.74) is 13.7. The zero-order valence-electron chi connectivity index (χ0n) is 26.0. The number of benzene rings is 8. The van der Waals surface area contributed by atoms with Gasteiger partial charge in [0.15, 0.2) is 0 Å². The van der Waals surface area contributed by atoms with E-state index in [2.05, 4.69) is 180 Å². The van der Waals surface area contributed by atoms with Crippen molar-refractivity contribution >= 4 is 60.4 Å². The highest BCUT2D eigenvalue weighted by molar-refractivity contribution is 6.13. The van der Waals surface area contributed by atoms with Crippen molar-refractivity contribution in [3.05, 3.63) is 169 Å². The first-order valence-electron chi connectivity index (χ1n) is 16.3. The van der Waals surface area contributed by atoms with Crippen molar-refractivity contribution in [2.75, 3.05) is 4.90 Å². The number of aryl methyl sites for hydroxylation is 1. The van der Waals surface area contributed by atoms with Crippen molar-refractivity contribution in [1.29, 1.82) is 0 Å². The molecule has 220 valence electrons. The minimum absolute atomic E-state index is 1.15. The summed E-state index contributed by atoms with van der Waals surface area (Å²) in [6, 6.07) is 60.1. The first-order chi connectivity index (χ1) is 23.2. The highest BCUT2D eigenvalue weighted by atomic mass is 15.1. The van der Waals surface area contributed by atoms with Gasteiger partial charge in [-0.05, 0) is 136 Å². The highest BCUT2D eigenvalue weighted by Gasteiger charge is 2.24. The lowest BCUT2D eigenvalue weighted by molar-refractivity contribution is 1.19. The van der Waals surface area contributed by atoms with Crippen LogP contribution in [-0.4, -0.2) is 4.57 Å². The second-order valence-electron chi connectivity index (χ2n) is 12.7. The maximum atomic E-state index is 2.40. The molecule has 1 heterocycles. The Bertz CT molecular complexity index is 2630. The Balaban J connectivity index is 1.09. The molecule has 0 aliphatic heterocycles. The van der Waals surface area contributed by atoms with Crippen molar-refractivity contribution in [3.8, 4) is 27.9 Å². The lowest BCUT2D eigenvalue weighted by Crippen LogP contribution is -2.09. The second kappa shape index (κ2) is 9.94. The molecule has 0 saturated carbocycles. The average molecular weight is 599 g/mol. The van der Waals surface area contributed by atoms with Crippen LogP contribution in [0, 0.1) is 6.92 Å². The van der Waals surface area contributed by atoms with Gasteiger partial charge >= 0.3 is 0 Å². The van der Waals surface area contributed by atoms with Gasteiger partial charge in [-0.2, -0.15) is 0 Å². The van der Waals surface area contributed by atoms with Crippen LogP contribution in [0.1, 0.15) is 5.56 Å². The quantitative estimate of drug-likeness (QED) is 0.196. The van der Waals surface area contributed by atoms with E-state index in [0.717, 1.165) is 17.1 Å². The van der Waals surface area contributed by atoms with Gasteiger partial charge in [-0.3, -0.25) is 0 Å². The maximum Gasteiger partial charge on any atom is 0.0541 e. The Hall–Kier alpha value is -6.12. The van der Waals surface area contributed by atoms with Crippen molar-refractivity contribution in [1.82, 2.24) is 4.57 Å².